The van der Waals surface area contributed by atoms with Crippen molar-refractivity contribution in [3.63, 3.8) is 0 Å². The van der Waals surface area contributed by atoms with E-state index in [1.54, 1.807) is 24.3 Å². The highest BCUT2D eigenvalue weighted by atomic mass is 19.1. The van der Waals surface area contributed by atoms with Crippen LogP contribution in [0.4, 0.5) is 20.6 Å². The number of halogens is 1. The van der Waals surface area contributed by atoms with E-state index in [0.29, 0.717) is 24.5 Å². The molecule has 1 aliphatic carbocycles. The van der Waals surface area contributed by atoms with Crippen molar-refractivity contribution in [3.05, 3.63) is 54.3 Å². The van der Waals surface area contributed by atoms with E-state index in [1.807, 2.05) is 6.92 Å². The summed E-state index contributed by atoms with van der Waals surface area (Å²) in [5, 5.41) is 5.67. The topological polar surface area (TPSA) is 70.7 Å². The number of nitrogens with one attached hydrogen (secondary N) is 2. The van der Waals surface area contributed by atoms with Crippen LogP contribution in [0.1, 0.15) is 19.8 Å². The van der Waals surface area contributed by atoms with Crippen LogP contribution in [-0.4, -0.2) is 31.6 Å². The third-order valence-electron chi connectivity index (χ3n) is 4.38. The molecule has 2 N–H and O–H groups in total. The van der Waals surface area contributed by atoms with Crippen molar-refractivity contribution in [2.75, 3.05) is 29.9 Å². The van der Waals surface area contributed by atoms with Crippen LogP contribution in [0.25, 0.3) is 0 Å². The fourth-order valence-electron chi connectivity index (χ4n) is 2.74. The summed E-state index contributed by atoms with van der Waals surface area (Å²) >= 11 is 0. The molecule has 2 aromatic rings. The SMILES string of the molecule is CCOc1ccc(NC(=O)N(CCNC(=O)C2CC2)c2ccc(F)cc2)cc1. The maximum atomic E-state index is 13.3. The molecule has 28 heavy (non-hydrogen) atoms. The zero-order valence-electron chi connectivity index (χ0n) is 15.8. The Bertz CT molecular complexity index is 805. The van der Waals surface area contributed by atoms with Crippen LogP contribution < -0.4 is 20.3 Å². The molecule has 0 bridgehead atoms. The van der Waals surface area contributed by atoms with E-state index in [1.165, 1.54) is 29.2 Å². The first-order valence-corrected chi connectivity index (χ1v) is 9.41. The second-order valence-corrected chi connectivity index (χ2v) is 6.58. The van der Waals surface area contributed by atoms with E-state index < -0.39 is 0 Å². The van der Waals surface area contributed by atoms with Crippen LogP contribution in [0.5, 0.6) is 5.75 Å². The molecule has 3 amide bonds. The van der Waals surface area contributed by atoms with E-state index in [4.69, 9.17) is 4.74 Å². The number of benzene rings is 2. The average molecular weight is 385 g/mol. The maximum absolute atomic E-state index is 13.3. The van der Waals surface area contributed by atoms with E-state index in [9.17, 15) is 14.0 Å². The second kappa shape index (κ2) is 9.21. The van der Waals surface area contributed by atoms with Gasteiger partial charge in [0.25, 0.3) is 0 Å². The van der Waals surface area contributed by atoms with Gasteiger partial charge in [-0.05, 0) is 68.3 Å². The van der Waals surface area contributed by atoms with Crippen molar-refractivity contribution in [1.82, 2.24) is 5.32 Å². The molecule has 7 heteroatoms. The zero-order valence-corrected chi connectivity index (χ0v) is 15.8. The number of rotatable bonds is 8. The van der Waals surface area contributed by atoms with Crippen LogP contribution in [0.3, 0.4) is 0 Å². The van der Waals surface area contributed by atoms with Gasteiger partial charge in [0.05, 0.1) is 6.61 Å². The Morgan fingerprint density at radius 2 is 1.79 bits per heavy atom. The third-order valence-corrected chi connectivity index (χ3v) is 4.38. The predicted octanol–water partition coefficient (Wildman–Crippen LogP) is 3.79. The Kier molecular flexibility index (Phi) is 6.47. The fraction of sp³-hybridized carbons (Fsp3) is 0.333. The minimum atomic E-state index is -0.377. The largest absolute Gasteiger partial charge is 0.494 e. The fourth-order valence-corrected chi connectivity index (χ4v) is 2.74. The van der Waals surface area contributed by atoms with Gasteiger partial charge in [-0.1, -0.05) is 0 Å². The van der Waals surface area contributed by atoms with Crippen LogP contribution in [0, 0.1) is 11.7 Å². The molecule has 0 aromatic heterocycles. The molecule has 0 unspecified atom stereocenters. The van der Waals surface area contributed by atoms with Crippen molar-refractivity contribution in [1.29, 1.82) is 0 Å². The summed E-state index contributed by atoms with van der Waals surface area (Å²) in [5.74, 6) is 0.472. The van der Waals surface area contributed by atoms with Crippen molar-refractivity contribution in [2.24, 2.45) is 5.92 Å². The first-order valence-electron chi connectivity index (χ1n) is 9.41. The number of carbonyl (C=O) groups excluding carboxylic acids is 2. The van der Waals surface area contributed by atoms with E-state index >= 15 is 0 Å². The minimum Gasteiger partial charge on any atom is -0.494 e. The molecular formula is C21H24FN3O3. The van der Waals surface area contributed by atoms with Gasteiger partial charge in [-0.15, -0.1) is 0 Å². The van der Waals surface area contributed by atoms with Crippen molar-refractivity contribution >= 4 is 23.3 Å². The number of urea groups is 1. The predicted molar refractivity (Wildman–Crippen MR) is 106 cm³/mol. The van der Waals surface area contributed by atoms with Crippen molar-refractivity contribution < 1.29 is 18.7 Å². The maximum Gasteiger partial charge on any atom is 0.326 e. The first kappa shape index (κ1) is 19.7. The lowest BCUT2D eigenvalue weighted by Gasteiger charge is -2.23. The molecular weight excluding hydrogens is 361 g/mol. The van der Waals surface area contributed by atoms with Crippen LogP contribution in [0.15, 0.2) is 48.5 Å². The number of carbonyl (C=O) groups is 2. The highest BCUT2D eigenvalue weighted by Crippen LogP contribution is 2.28. The quantitative estimate of drug-likeness (QED) is 0.726. The number of anilines is 2. The van der Waals surface area contributed by atoms with Crippen LogP contribution in [0.2, 0.25) is 0 Å². The van der Waals surface area contributed by atoms with Crippen molar-refractivity contribution in [2.45, 2.75) is 19.8 Å². The Labute approximate surface area is 163 Å². The molecule has 0 spiro atoms. The molecule has 0 aliphatic heterocycles. The zero-order chi connectivity index (χ0) is 19.9. The molecule has 1 fully saturated rings. The van der Waals surface area contributed by atoms with E-state index in [0.717, 1.165) is 18.6 Å². The molecule has 1 saturated carbocycles. The van der Waals surface area contributed by atoms with Gasteiger partial charge in [-0.25, -0.2) is 9.18 Å². The molecule has 1 aliphatic rings. The number of hydrogen-bond acceptors (Lipinski definition) is 3. The Balaban J connectivity index is 1.66. The van der Waals surface area contributed by atoms with Gasteiger partial charge in [0.1, 0.15) is 11.6 Å². The minimum absolute atomic E-state index is 0.0194. The lowest BCUT2D eigenvalue weighted by molar-refractivity contribution is -0.122. The summed E-state index contributed by atoms with van der Waals surface area (Å²) in [5.41, 5.74) is 1.16. The number of amides is 3. The van der Waals surface area contributed by atoms with Gasteiger partial charge >= 0.3 is 6.03 Å². The molecule has 6 nitrogen and oxygen atoms in total. The van der Waals surface area contributed by atoms with Gasteiger partial charge in [0.2, 0.25) is 5.91 Å². The van der Waals surface area contributed by atoms with Crippen LogP contribution >= 0.6 is 0 Å². The molecule has 2 aromatic carbocycles. The van der Waals surface area contributed by atoms with E-state index in [-0.39, 0.29) is 30.2 Å². The molecule has 0 heterocycles. The Morgan fingerprint density at radius 1 is 1.11 bits per heavy atom. The third kappa shape index (κ3) is 5.45. The number of nitrogens with zero attached hydrogens (tertiary/aromatic N) is 1. The summed E-state index contributed by atoms with van der Waals surface area (Å²) in [6.45, 7) is 3.06. The number of ether oxygens (including phenoxy) is 1. The monoisotopic (exact) mass is 385 g/mol. The first-order chi connectivity index (χ1) is 13.6. The highest BCUT2D eigenvalue weighted by molar-refractivity contribution is 6.01. The van der Waals surface area contributed by atoms with E-state index in [2.05, 4.69) is 10.6 Å². The lowest BCUT2D eigenvalue weighted by Crippen LogP contribution is -2.41. The smallest absolute Gasteiger partial charge is 0.326 e. The summed E-state index contributed by atoms with van der Waals surface area (Å²) in [7, 11) is 0. The molecule has 0 saturated heterocycles. The van der Waals surface area contributed by atoms with Gasteiger partial charge < -0.3 is 15.4 Å². The van der Waals surface area contributed by atoms with Gasteiger partial charge in [-0.3, -0.25) is 9.69 Å². The normalized spacial score (nSPS) is 12.9. The summed E-state index contributed by atoms with van der Waals surface area (Å²) in [6, 6.07) is 12.4. The highest BCUT2D eigenvalue weighted by Gasteiger charge is 2.29. The molecule has 0 radical (unpaired) electrons. The van der Waals surface area contributed by atoms with Crippen LogP contribution in [-0.2, 0) is 4.79 Å². The second-order valence-electron chi connectivity index (χ2n) is 6.58. The van der Waals surface area contributed by atoms with Crippen molar-refractivity contribution in [3.8, 4) is 5.75 Å². The Hall–Kier alpha value is -3.09. The molecule has 148 valence electrons. The molecule has 0 atom stereocenters. The van der Waals surface area contributed by atoms with Gasteiger partial charge in [0.15, 0.2) is 0 Å². The lowest BCUT2D eigenvalue weighted by atomic mass is 10.2. The summed E-state index contributed by atoms with van der Waals surface area (Å²) < 4.78 is 18.7. The summed E-state index contributed by atoms with van der Waals surface area (Å²) in [6.07, 6.45) is 1.84. The standard InChI is InChI=1S/C21H24FN3O3/c1-2-28-19-11-7-17(8-12-19)24-21(27)25(18-9-5-16(22)6-10-18)14-13-23-20(26)15-3-4-15/h5-12,15H,2-4,13-14H2,1H3,(H,23,26)(H,24,27). The Morgan fingerprint density at radius 3 is 2.39 bits per heavy atom. The summed E-state index contributed by atoms with van der Waals surface area (Å²) in [4.78, 5) is 26.1. The molecule has 3 rings (SSSR count). The average Bonchev–Trinajstić information content (AvgIpc) is 3.53. The number of hydrogen-bond donors (Lipinski definition) is 2. The van der Waals surface area contributed by atoms with Gasteiger partial charge in [0, 0.05) is 30.4 Å². The van der Waals surface area contributed by atoms with Gasteiger partial charge in [-0.2, -0.15) is 0 Å².